The van der Waals surface area contributed by atoms with E-state index in [-0.39, 0.29) is 17.5 Å². The molecule has 2 amide bonds. The van der Waals surface area contributed by atoms with Crippen molar-refractivity contribution in [2.24, 2.45) is 0 Å². The minimum atomic E-state index is -0.346. The molecule has 0 spiro atoms. The van der Waals surface area contributed by atoms with E-state index < -0.39 is 0 Å². The predicted octanol–water partition coefficient (Wildman–Crippen LogP) is 4.93. The number of carbonyl (C=O) groups is 2. The Bertz CT molecular complexity index is 1230. The molecular weight excluding hydrogens is 384 g/mol. The number of carbonyl (C=O) groups excluding carboxylic acids is 2. The summed E-state index contributed by atoms with van der Waals surface area (Å²) in [6, 6.07) is 32.3. The summed E-state index contributed by atoms with van der Waals surface area (Å²) in [4.78, 5) is 26.1. The summed E-state index contributed by atoms with van der Waals surface area (Å²) in [5, 5.41) is 7.52. The van der Waals surface area contributed by atoms with Gasteiger partial charge in [-0.15, -0.1) is 0 Å². The van der Waals surface area contributed by atoms with E-state index in [2.05, 4.69) is 10.6 Å². The lowest BCUT2D eigenvalue weighted by atomic mass is 10.0. The molecule has 0 heterocycles. The summed E-state index contributed by atoms with van der Waals surface area (Å²) >= 11 is 0. The SMILES string of the molecule is O=C(NCc1ccccc1)/C(=C\c1ccccc1)NC(=O)c1cccc2ccccc12. The molecule has 0 bridgehead atoms. The molecule has 4 heteroatoms. The van der Waals surface area contributed by atoms with Gasteiger partial charge in [0.1, 0.15) is 5.70 Å². The van der Waals surface area contributed by atoms with E-state index in [0.29, 0.717) is 12.1 Å². The van der Waals surface area contributed by atoms with Crippen LogP contribution in [-0.2, 0) is 11.3 Å². The van der Waals surface area contributed by atoms with Crippen molar-refractivity contribution < 1.29 is 9.59 Å². The van der Waals surface area contributed by atoms with Crippen LogP contribution in [0.1, 0.15) is 21.5 Å². The van der Waals surface area contributed by atoms with Crippen LogP contribution < -0.4 is 10.6 Å². The van der Waals surface area contributed by atoms with Gasteiger partial charge < -0.3 is 10.6 Å². The van der Waals surface area contributed by atoms with Gasteiger partial charge >= 0.3 is 0 Å². The maximum absolute atomic E-state index is 13.1. The van der Waals surface area contributed by atoms with E-state index in [1.165, 1.54) is 0 Å². The number of benzene rings is 4. The summed E-state index contributed by atoms with van der Waals surface area (Å²) in [6.45, 7) is 0.371. The number of nitrogens with one attached hydrogen (secondary N) is 2. The average Bonchev–Trinajstić information content (AvgIpc) is 2.83. The van der Waals surface area contributed by atoms with Crippen LogP contribution in [0.25, 0.3) is 16.8 Å². The van der Waals surface area contributed by atoms with E-state index in [1.807, 2.05) is 97.1 Å². The molecule has 4 aromatic carbocycles. The highest BCUT2D eigenvalue weighted by atomic mass is 16.2. The van der Waals surface area contributed by atoms with Gasteiger partial charge in [0, 0.05) is 12.1 Å². The molecule has 0 saturated heterocycles. The topological polar surface area (TPSA) is 58.2 Å². The van der Waals surface area contributed by atoms with Crippen molar-refractivity contribution in [2.75, 3.05) is 0 Å². The number of amides is 2. The Hall–Kier alpha value is -4.18. The molecule has 0 aromatic heterocycles. The molecule has 0 saturated carbocycles. The first kappa shape index (κ1) is 20.1. The Morgan fingerprint density at radius 3 is 2.13 bits per heavy atom. The standard InChI is InChI=1S/C27H22N2O2/c30-26(24-17-9-15-22-14-7-8-16-23(22)24)29-25(18-20-10-3-1-4-11-20)27(31)28-19-21-12-5-2-6-13-21/h1-18H,19H2,(H,28,31)(H,29,30)/b25-18+. The highest BCUT2D eigenvalue weighted by molar-refractivity contribution is 6.11. The fourth-order valence-electron chi connectivity index (χ4n) is 3.36. The lowest BCUT2D eigenvalue weighted by molar-refractivity contribution is -0.117. The minimum absolute atomic E-state index is 0.195. The first-order chi connectivity index (χ1) is 15.2. The van der Waals surface area contributed by atoms with Gasteiger partial charge in [0.2, 0.25) is 0 Å². The molecule has 2 N–H and O–H groups in total. The Kier molecular flexibility index (Phi) is 6.19. The molecule has 31 heavy (non-hydrogen) atoms. The Labute approximate surface area is 181 Å². The van der Waals surface area contributed by atoms with Crippen molar-refractivity contribution in [2.45, 2.75) is 6.54 Å². The van der Waals surface area contributed by atoms with Crippen LogP contribution in [0.15, 0.2) is 109 Å². The summed E-state index contributed by atoms with van der Waals surface area (Å²) in [5.74, 6) is -0.671. The van der Waals surface area contributed by atoms with Crippen LogP contribution in [0.4, 0.5) is 0 Å². The fraction of sp³-hybridized carbons (Fsp3) is 0.0370. The predicted molar refractivity (Wildman–Crippen MR) is 124 cm³/mol. The lowest BCUT2D eigenvalue weighted by Gasteiger charge is -2.12. The second-order valence-electron chi connectivity index (χ2n) is 7.12. The maximum atomic E-state index is 13.1. The lowest BCUT2D eigenvalue weighted by Crippen LogP contribution is -2.34. The Balaban J connectivity index is 1.60. The zero-order valence-corrected chi connectivity index (χ0v) is 16.9. The minimum Gasteiger partial charge on any atom is -0.347 e. The Morgan fingerprint density at radius 2 is 1.35 bits per heavy atom. The summed E-state index contributed by atoms with van der Waals surface area (Å²) in [6.07, 6.45) is 1.68. The van der Waals surface area contributed by atoms with Gasteiger partial charge in [-0.2, -0.15) is 0 Å². The molecule has 4 aromatic rings. The van der Waals surface area contributed by atoms with Crippen molar-refractivity contribution in [3.8, 4) is 0 Å². The van der Waals surface area contributed by atoms with Crippen LogP contribution in [-0.4, -0.2) is 11.8 Å². The van der Waals surface area contributed by atoms with E-state index in [4.69, 9.17) is 0 Å². The number of fused-ring (bicyclic) bond motifs is 1. The molecule has 4 rings (SSSR count). The smallest absolute Gasteiger partial charge is 0.268 e. The molecule has 0 atom stereocenters. The number of hydrogen-bond donors (Lipinski definition) is 2. The van der Waals surface area contributed by atoms with E-state index in [0.717, 1.165) is 21.9 Å². The highest BCUT2D eigenvalue weighted by Gasteiger charge is 2.16. The van der Waals surface area contributed by atoms with Gasteiger partial charge in [-0.25, -0.2) is 0 Å². The number of rotatable bonds is 6. The third-order valence-corrected chi connectivity index (χ3v) is 4.93. The number of hydrogen-bond acceptors (Lipinski definition) is 2. The zero-order valence-electron chi connectivity index (χ0n) is 16.9. The van der Waals surface area contributed by atoms with Crippen LogP contribution in [0.5, 0.6) is 0 Å². The fourth-order valence-corrected chi connectivity index (χ4v) is 3.36. The summed E-state index contributed by atoms with van der Waals surface area (Å²) < 4.78 is 0. The molecule has 0 aliphatic carbocycles. The van der Waals surface area contributed by atoms with Crippen molar-refractivity contribution in [3.05, 3.63) is 126 Å². The van der Waals surface area contributed by atoms with E-state index in [9.17, 15) is 9.59 Å². The average molecular weight is 406 g/mol. The van der Waals surface area contributed by atoms with Crippen LogP contribution in [0, 0.1) is 0 Å². The molecular formula is C27H22N2O2. The molecule has 0 unspecified atom stereocenters. The van der Waals surface area contributed by atoms with Gasteiger partial charge in [-0.1, -0.05) is 97.1 Å². The van der Waals surface area contributed by atoms with Crippen molar-refractivity contribution in [1.29, 1.82) is 0 Å². The second kappa shape index (κ2) is 9.55. The first-order valence-electron chi connectivity index (χ1n) is 10.1. The van der Waals surface area contributed by atoms with E-state index >= 15 is 0 Å². The van der Waals surface area contributed by atoms with Crippen molar-refractivity contribution >= 4 is 28.7 Å². The largest absolute Gasteiger partial charge is 0.347 e. The Morgan fingerprint density at radius 1 is 0.710 bits per heavy atom. The molecule has 0 radical (unpaired) electrons. The monoisotopic (exact) mass is 406 g/mol. The van der Waals surface area contributed by atoms with E-state index in [1.54, 1.807) is 12.1 Å². The molecule has 0 fully saturated rings. The quantitative estimate of drug-likeness (QED) is 0.446. The molecule has 0 aliphatic heterocycles. The van der Waals surface area contributed by atoms with Gasteiger partial charge in [-0.05, 0) is 34.0 Å². The third-order valence-electron chi connectivity index (χ3n) is 4.93. The third kappa shape index (κ3) is 5.06. The maximum Gasteiger partial charge on any atom is 0.268 e. The highest BCUT2D eigenvalue weighted by Crippen LogP contribution is 2.19. The molecule has 4 nitrogen and oxygen atoms in total. The van der Waals surface area contributed by atoms with Gasteiger partial charge in [-0.3, -0.25) is 9.59 Å². The van der Waals surface area contributed by atoms with Crippen molar-refractivity contribution in [3.63, 3.8) is 0 Å². The summed E-state index contributed by atoms with van der Waals surface area (Å²) in [7, 11) is 0. The zero-order chi connectivity index (χ0) is 21.5. The van der Waals surface area contributed by atoms with Crippen LogP contribution in [0.2, 0.25) is 0 Å². The normalized spacial score (nSPS) is 11.2. The summed E-state index contributed by atoms with van der Waals surface area (Å²) in [5.41, 5.74) is 2.52. The molecule has 152 valence electrons. The van der Waals surface area contributed by atoms with Crippen LogP contribution in [0.3, 0.4) is 0 Å². The van der Waals surface area contributed by atoms with Gasteiger partial charge in [0.25, 0.3) is 11.8 Å². The second-order valence-corrected chi connectivity index (χ2v) is 7.12. The van der Waals surface area contributed by atoms with Gasteiger partial charge in [0.15, 0.2) is 0 Å². The van der Waals surface area contributed by atoms with Crippen molar-refractivity contribution in [1.82, 2.24) is 10.6 Å². The van der Waals surface area contributed by atoms with Gasteiger partial charge in [0.05, 0.1) is 0 Å². The van der Waals surface area contributed by atoms with Crippen LogP contribution >= 0.6 is 0 Å². The molecule has 0 aliphatic rings. The first-order valence-corrected chi connectivity index (χ1v) is 10.1.